The smallest absolute Gasteiger partial charge is 0.246 e. The van der Waals surface area contributed by atoms with Gasteiger partial charge in [-0.2, -0.15) is 0 Å². The molecule has 11 nitrogen and oxygen atoms in total. The topological polar surface area (TPSA) is 152 Å². The summed E-state index contributed by atoms with van der Waals surface area (Å²) in [4.78, 5) is 51.4. The molecule has 2 aliphatic rings. The molecule has 4 amide bonds. The highest BCUT2D eigenvalue weighted by molar-refractivity contribution is 5.91. The molecule has 2 fully saturated rings. The average molecular weight is 442 g/mol. The van der Waals surface area contributed by atoms with E-state index in [9.17, 15) is 19.2 Å². The number of rotatable bonds is 2. The molecule has 2 saturated heterocycles. The fourth-order valence-electron chi connectivity index (χ4n) is 3.83. The van der Waals surface area contributed by atoms with Gasteiger partial charge in [-0.1, -0.05) is 0 Å². The predicted octanol–water partition coefficient (Wildman–Crippen LogP) is -1.74. The van der Waals surface area contributed by atoms with Crippen LogP contribution in [0.3, 0.4) is 0 Å². The fourth-order valence-corrected chi connectivity index (χ4v) is 3.83. The van der Waals surface area contributed by atoms with Crippen LogP contribution in [0.5, 0.6) is 0 Å². The Bertz CT molecular complexity index is 648. The van der Waals surface area contributed by atoms with Crippen molar-refractivity contribution < 1.29 is 28.7 Å². The third kappa shape index (κ3) is 8.42. The van der Waals surface area contributed by atoms with Crippen LogP contribution in [0.15, 0.2) is 0 Å². The van der Waals surface area contributed by atoms with Gasteiger partial charge >= 0.3 is 0 Å². The normalized spacial score (nSPS) is 25.4. The molecule has 0 bridgehead atoms. The zero-order valence-electron chi connectivity index (χ0n) is 18.4. The Morgan fingerprint density at radius 1 is 1.06 bits per heavy atom. The number of ether oxygens (including phenoxy) is 2. The Morgan fingerprint density at radius 2 is 1.74 bits per heavy atom. The van der Waals surface area contributed by atoms with Gasteiger partial charge in [-0.3, -0.25) is 19.2 Å². The predicted molar refractivity (Wildman–Crippen MR) is 112 cm³/mol. The van der Waals surface area contributed by atoms with E-state index in [2.05, 4.69) is 34.7 Å². The van der Waals surface area contributed by atoms with Gasteiger partial charge < -0.3 is 36.1 Å². The van der Waals surface area contributed by atoms with Crippen molar-refractivity contribution in [2.45, 2.75) is 57.2 Å². The van der Waals surface area contributed by atoms with E-state index in [4.69, 9.17) is 15.2 Å². The lowest BCUT2D eigenvalue weighted by molar-refractivity contribution is -0.132. The molecule has 0 saturated carbocycles. The molecule has 0 aliphatic carbocycles. The number of hydrogen-bond donors (Lipinski definition) is 4. The van der Waals surface area contributed by atoms with Gasteiger partial charge in [-0.15, -0.1) is 0 Å². The molecule has 31 heavy (non-hydrogen) atoms. The monoisotopic (exact) mass is 441 g/mol. The van der Waals surface area contributed by atoms with Crippen molar-refractivity contribution in [3.05, 3.63) is 0 Å². The number of likely N-dealkylation sites (tertiary alicyclic amines) is 1. The number of nitrogens with one attached hydrogen (secondary N) is 3. The van der Waals surface area contributed by atoms with E-state index in [1.165, 1.54) is 0 Å². The Kier molecular flexibility index (Phi) is 9.66. The van der Waals surface area contributed by atoms with Crippen LogP contribution in [-0.2, 0) is 28.7 Å². The lowest BCUT2D eigenvalue weighted by Gasteiger charge is -2.43. The molecular weight excluding hydrogens is 406 g/mol. The summed E-state index contributed by atoms with van der Waals surface area (Å²) in [5.74, 6) is -1.96. The van der Waals surface area contributed by atoms with E-state index in [-0.39, 0.29) is 51.7 Å². The van der Waals surface area contributed by atoms with Crippen LogP contribution in [0.4, 0.5) is 0 Å². The second kappa shape index (κ2) is 12.0. The Balaban J connectivity index is 2.13. The van der Waals surface area contributed by atoms with Crippen molar-refractivity contribution in [2.75, 3.05) is 46.1 Å². The molecule has 0 radical (unpaired) electrons. The standard InChI is InChI=1S/C20H35N5O6/c1-14(2)25-6-3-20(4-7-25)12-17(27)23-15(19(21)29)11-16(26)22-5-8-30-9-10-31-13-18(28)24-20/h14-15H,3-13H2,1-2H3,(H2,21,29)(H,22,26)(H,23,27)(H,24,28)/t15-/m0/s1. The molecule has 0 aromatic rings. The maximum absolute atomic E-state index is 12.8. The largest absolute Gasteiger partial charge is 0.377 e. The summed E-state index contributed by atoms with van der Waals surface area (Å²) in [5.41, 5.74) is 4.63. The summed E-state index contributed by atoms with van der Waals surface area (Å²) >= 11 is 0. The van der Waals surface area contributed by atoms with E-state index in [0.29, 0.717) is 18.9 Å². The summed E-state index contributed by atoms with van der Waals surface area (Å²) in [5, 5.41) is 8.16. The van der Waals surface area contributed by atoms with Gasteiger partial charge in [0.2, 0.25) is 23.6 Å². The third-order valence-corrected chi connectivity index (χ3v) is 5.63. The van der Waals surface area contributed by atoms with Gasteiger partial charge in [0.25, 0.3) is 0 Å². The maximum atomic E-state index is 12.8. The Hall–Kier alpha value is -2.24. The summed E-state index contributed by atoms with van der Waals surface area (Å²) in [6, 6.07) is -0.769. The second-order valence-electron chi connectivity index (χ2n) is 8.38. The Labute approximate surface area is 182 Å². The van der Waals surface area contributed by atoms with E-state index in [0.717, 1.165) is 13.1 Å². The van der Waals surface area contributed by atoms with Gasteiger partial charge in [0.15, 0.2) is 0 Å². The molecule has 11 heteroatoms. The van der Waals surface area contributed by atoms with Gasteiger partial charge in [0, 0.05) is 32.1 Å². The summed E-state index contributed by atoms with van der Waals surface area (Å²) in [7, 11) is 0. The zero-order chi connectivity index (χ0) is 22.9. The highest BCUT2D eigenvalue weighted by Crippen LogP contribution is 2.27. The van der Waals surface area contributed by atoms with Crippen molar-refractivity contribution in [1.82, 2.24) is 20.9 Å². The van der Waals surface area contributed by atoms with Crippen LogP contribution in [0.2, 0.25) is 0 Å². The van der Waals surface area contributed by atoms with Crippen LogP contribution >= 0.6 is 0 Å². The van der Waals surface area contributed by atoms with Gasteiger partial charge in [0.1, 0.15) is 12.6 Å². The summed E-state index contributed by atoms with van der Waals surface area (Å²) in [6.07, 6.45) is 0.883. The van der Waals surface area contributed by atoms with Gasteiger partial charge in [0.05, 0.1) is 31.8 Å². The van der Waals surface area contributed by atoms with E-state index in [1.54, 1.807) is 0 Å². The maximum Gasteiger partial charge on any atom is 0.246 e. The highest BCUT2D eigenvalue weighted by Gasteiger charge is 2.39. The minimum atomic E-state index is -1.13. The average Bonchev–Trinajstić information content (AvgIpc) is 2.69. The molecule has 1 atom stereocenters. The van der Waals surface area contributed by atoms with Crippen molar-refractivity contribution >= 4 is 23.6 Å². The minimum Gasteiger partial charge on any atom is -0.377 e. The molecule has 2 aliphatic heterocycles. The summed E-state index contributed by atoms with van der Waals surface area (Å²) in [6.45, 7) is 6.52. The first-order chi connectivity index (χ1) is 14.7. The molecule has 0 aromatic carbocycles. The first-order valence-electron chi connectivity index (χ1n) is 10.8. The Morgan fingerprint density at radius 3 is 2.39 bits per heavy atom. The molecule has 2 rings (SSSR count). The van der Waals surface area contributed by atoms with E-state index < -0.39 is 29.3 Å². The number of carbonyl (C=O) groups is 4. The molecule has 5 N–H and O–H groups in total. The first kappa shape index (κ1) is 25.0. The molecule has 0 unspecified atom stereocenters. The van der Waals surface area contributed by atoms with Crippen LogP contribution in [0, 0.1) is 0 Å². The number of primary amides is 1. The second-order valence-corrected chi connectivity index (χ2v) is 8.38. The van der Waals surface area contributed by atoms with Crippen molar-refractivity contribution in [3.8, 4) is 0 Å². The minimum absolute atomic E-state index is 0.0147. The number of piperidine rings is 1. The molecular formula is C20H35N5O6. The van der Waals surface area contributed by atoms with Gasteiger partial charge in [-0.05, 0) is 26.7 Å². The number of carbonyl (C=O) groups excluding carboxylic acids is 4. The zero-order valence-corrected chi connectivity index (χ0v) is 18.4. The quantitative estimate of drug-likeness (QED) is 0.397. The summed E-state index contributed by atoms with van der Waals surface area (Å²) < 4.78 is 10.7. The van der Waals surface area contributed by atoms with Crippen LogP contribution < -0.4 is 21.7 Å². The number of amides is 4. The molecule has 2 heterocycles. The van der Waals surface area contributed by atoms with Crippen LogP contribution in [-0.4, -0.2) is 92.2 Å². The number of nitrogens with zero attached hydrogens (tertiary/aromatic N) is 1. The van der Waals surface area contributed by atoms with Crippen LogP contribution in [0.25, 0.3) is 0 Å². The lowest BCUT2D eigenvalue weighted by Crippen LogP contribution is -2.59. The van der Waals surface area contributed by atoms with E-state index >= 15 is 0 Å². The third-order valence-electron chi connectivity index (χ3n) is 5.63. The SMILES string of the molecule is CC(C)N1CCC2(CC1)CC(=O)N[C@H](C(N)=O)CC(=O)NCCOCCOCC(=O)N2. The highest BCUT2D eigenvalue weighted by atomic mass is 16.5. The van der Waals surface area contributed by atoms with E-state index in [1.807, 2.05) is 0 Å². The first-order valence-corrected chi connectivity index (χ1v) is 10.8. The van der Waals surface area contributed by atoms with Crippen molar-refractivity contribution in [2.24, 2.45) is 5.73 Å². The molecule has 0 aromatic heterocycles. The van der Waals surface area contributed by atoms with Crippen molar-refractivity contribution in [1.29, 1.82) is 0 Å². The fraction of sp³-hybridized carbons (Fsp3) is 0.800. The van der Waals surface area contributed by atoms with Crippen LogP contribution in [0.1, 0.15) is 39.5 Å². The number of nitrogens with two attached hydrogens (primary N) is 1. The number of hydrogen-bond acceptors (Lipinski definition) is 7. The lowest BCUT2D eigenvalue weighted by atomic mass is 9.83. The van der Waals surface area contributed by atoms with Crippen molar-refractivity contribution in [3.63, 3.8) is 0 Å². The molecule has 176 valence electrons. The van der Waals surface area contributed by atoms with Gasteiger partial charge in [-0.25, -0.2) is 0 Å². The molecule has 1 spiro atoms.